The molecule has 0 unspecified atom stereocenters. The second kappa shape index (κ2) is 6.80. The van der Waals surface area contributed by atoms with Gasteiger partial charge in [0.2, 0.25) is 0 Å². The molecule has 0 spiro atoms. The Morgan fingerprint density at radius 1 is 1.17 bits per heavy atom. The van der Waals surface area contributed by atoms with Gasteiger partial charge in [-0.15, -0.1) is 0 Å². The average Bonchev–Trinajstić information content (AvgIpc) is 2.60. The van der Waals surface area contributed by atoms with E-state index in [1.807, 2.05) is 30.3 Å². The highest BCUT2D eigenvalue weighted by molar-refractivity contribution is 7.71. The van der Waals surface area contributed by atoms with Crippen LogP contribution in [0.5, 0.6) is 0 Å². The summed E-state index contributed by atoms with van der Waals surface area (Å²) in [6.07, 6.45) is 3.32. The lowest BCUT2D eigenvalue weighted by molar-refractivity contribution is 0.569. The van der Waals surface area contributed by atoms with Crippen molar-refractivity contribution >= 4 is 18.0 Å². The van der Waals surface area contributed by atoms with Gasteiger partial charge in [-0.2, -0.15) is 5.26 Å². The fraction of sp³-hybridized carbons (Fsp3) is 0.353. The van der Waals surface area contributed by atoms with Crippen molar-refractivity contribution in [3.63, 3.8) is 0 Å². The van der Waals surface area contributed by atoms with Gasteiger partial charge in [0.05, 0.1) is 6.54 Å². The first-order valence-electron chi connectivity index (χ1n) is 7.77. The smallest absolute Gasteiger partial charge is 0.328 e. The fourth-order valence-corrected chi connectivity index (χ4v) is 3.21. The van der Waals surface area contributed by atoms with Crippen LogP contribution < -0.4 is 10.6 Å². The van der Waals surface area contributed by atoms with E-state index >= 15 is 0 Å². The minimum absolute atomic E-state index is 0.265. The number of nitrogens with zero attached hydrogens (tertiary/aromatic N) is 3. The normalized spacial score (nSPS) is 14.5. The van der Waals surface area contributed by atoms with Crippen LogP contribution in [-0.4, -0.2) is 22.6 Å². The second-order valence-corrected chi connectivity index (χ2v) is 6.08. The van der Waals surface area contributed by atoms with Crippen LogP contribution in [0.4, 0.5) is 5.82 Å². The minimum Gasteiger partial charge on any atom is -0.357 e. The molecule has 1 saturated heterocycles. The van der Waals surface area contributed by atoms with Crippen molar-refractivity contribution in [2.75, 3.05) is 18.0 Å². The van der Waals surface area contributed by atoms with E-state index in [1.165, 1.54) is 11.0 Å². The zero-order valence-electron chi connectivity index (χ0n) is 12.8. The second-order valence-electron chi connectivity index (χ2n) is 5.69. The van der Waals surface area contributed by atoms with Gasteiger partial charge in [-0.1, -0.05) is 42.5 Å². The van der Waals surface area contributed by atoms with Gasteiger partial charge in [-0.3, -0.25) is 9.55 Å². The number of benzene rings is 1. The molecule has 6 heteroatoms. The Morgan fingerprint density at radius 3 is 2.52 bits per heavy atom. The maximum Gasteiger partial charge on any atom is 0.328 e. The Balaban J connectivity index is 2.05. The molecule has 0 aliphatic carbocycles. The molecule has 3 rings (SSSR count). The van der Waals surface area contributed by atoms with Crippen molar-refractivity contribution in [2.24, 2.45) is 0 Å². The third-order valence-corrected chi connectivity index (χ3v) is 4.56. The van der Waals surface area contributed by atoms with Gasteiger partial charge >= 0.3 is 5.69 Å². The summed E-state index contributed by atoms with van der Waals surface area (Å²) < 4.78 is 1.76. The third kappa shape index (κ3) is 3.20. The van der Waals surface area contributed by atoms with Gasteiger partial charge in [-0.25, -0.2) is 4.79 Å². The van der Waals surface area contributed by atoms with E-state index in [1.54, 1.807) is 0 Å². The molecule has 0 amide bonds. The van der Waals surface area contributed by atoms with Gasteiger partial charge in [0.15, 0.2) is 0 Å². The van der Waals surface area contributed by atoms with E-state index in [-0.39, 0.29) is 5.69 Å². The molecule has 2 heterocycles. The summed E-state index contributed by atoms with van der Waals surface area (Å²) in [6, 6.07) is 11.8. The van der Waals surface area contributed by atoms with Gasteiger partial charge in [0, 0.05) is 13.1 Å². The number of nitriles is 1. The summed E-state index contributed by atoms with van der Waals surface area (Å²) in [5, 5.41) is 9.53. The predicted molar refractivity (Wildman–Crippen MR) is 92.2 cm³/mol. The number of aromatic nitrogens is 2. The van der Waals surface area contributed by atoms with Crippen molar-refractivity contribution in [1.82, 2.24) is 9.55 Å². The molecule has 23 heavy (non-hydrogen) atoms. The molecular formula is C17H18N4OS. The van der Waals surface area contributed by atoms with E-state index in [2.05, 4.69) is 16.0 Å². The lowest BCUT2D eigenvalue weighted by Gasteiger charge is -2.29. The van der Waals surface area contributed by atoms with Crippen molar-refractivity contribution < 1.29 is 0 Å². The Bertz CT molecular complexity index is 842. The summed E-state index contributed by atoms with van der Waals surface area (Å²) in [5.74, 6) is 0.575. The quantitative estimate of drug-likeness (QED) is 0.881. The Labute approximate surface area is 139 Å². The molecule has 0 radical (unpaired) electrons. The molecular weight excluding hydrogens is 308 g/mol. The van der Waals surface area contributed by atoms with Gasteiger partial charge in [0.1, 0.15) is 22.1 Å². The number of aromatic amines is 1. The van der Waals surface area contributed by atoms with E-state index in [0.717, 1.165) is 31.5 Å². The van der Waals surface area contributed by atoms with Gasteiger partial charge < -0.3 is 4.90 Å². The largest absolute Gasteiger partial charge is 0.357 e. The minimum atomic E-state index is -0.265. The zero-order valence-corrected chi connectivity index (χ0v) is 13.6. The van der Waals surface area contributed by atoms with E-state index in [0.29, 0.717) is 22.6 Å². The standard InChI is InChI=1S/C17H18N4OS/c18-11-14-15(20-9-5-2-6-10-20)19-17(22)21(16(14)23)12-13-7-3-1-4-8-13/h1,3-4,7-8H,2,5-6,9-10,12H2,(H,19,22). The molecule has 118 valence electrons. The van der Waals surface area contributed by atoms with Gasteiger partial charge in [-0.05, 0) is 24.8 Å². The molecule has 5 nitrogen and oxygen atoms in total. The summed E-state index contributed by atoms with van der Waals surface area (Å²) in [7, 11) is 0. The van der Waals surface area contributed by atoms with Crippen molar-refractivity contribution in [3.8, 4) is 6.07 Å². The molecule has 2 aromatic rings. The highest BCUT2D eigenvalue weighted by atomic mass is 32.1. The van der Waals surface area contributed by atoms with Crippen molar-refractivity contribution in [3.05, 3.63) is 56.6 Å². The molecule has 1 aliphatic rings. The van der Waals surface area contributed by atoms with Crippen LogP contribution in [0.25, 0.3) is 0 Å². The summed E-state index contributed by atoms with van der Waals surface area (Å²) >= 11 is 5.43. The SMILES string of the molecule is N#Cc1c(N2CCCCC2)[nH]c(=O)n(Cc2ccccc2)c1=S. The lowest BCUT2D eigenvalue weighted by Crippen LogP contribution is -2.35. The molecule has 1 fully saturated rings. The fourth-order valence-electron chi connectivity index (χ4n) is 2.92. The molecule has 1 N–H and O–H groups in total. The van der Waals surface area contributed by atoms with Crippen LogP contribution in [0.1, 0.15) is 30.4 Å². The number of H-pyrrole nitrogens is 1. The molecule has 1 aromatic heterocycles. The van der Waals surface area contributed by atoms with Crippen LogP contribution in [-0.2, 0) is 6.54 Å². The van der Waals surface area contributed by atoms with E-state index in [9.17, 15) is 10.1 Å². The number of rotatable bonds is 3. The summed E-state index contributed by atoms with van der Waals surface area (Å²) in [4.78, 5) is 17.4. The number of hydrogen-bond donors (Lipinski definition) is 1. The molecule has 0 atom stereocenters. The number of nitrogens with one attached hydrogen (secondary N) is 1. The van der Waals surface area contributed by atoms with E-state index in [4.69, 9.17) is 12.2 Å². The highest BCUT2D eigenvalue weighted by Gasteiger charge is 2.19. The molecule has 0 bridgehead atoms. The number of hydrogen-bond acceptors (Lipinski definition) is 4. The molecule has 0 saturated carbocycles. The first kappa shape index (κ1) is 15.5. The van der Waals surface area contributed by atoms with Crippen molar-refractivity contribution in [1.29, 1.82) is 5.26 Å². The summed E-state index contributed by atoms with van der Waals surface area (Å²) in [5.41, 5.74) is 1.10. The first-order chi connectivity index (χ1) is 11.2. The predicted octanol–water partition coefficient (Wildman–Crippen LogP) is 2.82. The zero-order chi connectivity index (χ0) is 16.2. The van der Waals surface area contributed by atoms with Crippen LogP contribution in [0.2, 0.25) is 0 Å². The summed E-state index contributed by atoms with van der Waals surface area (Å²) in [6.45, 7) is 2.06. The third-order valence-electron chi connectivity index (χ3n) is 4.13. The Hall–Kier alpha value is -2.39. The van der Waals surface area contributed by atoms with E-state index < -0.39 is 0 Å². The number of anilines is 1. The molecule has 1 aromatic carbocycles. The molecule has 1 aliphatic heterocycles. The monoisotopic (exact) mass is 326 g/mol. The lowest BCUT2D eigenvalue weighted by atomic mass is 10.1. The number of piperidine rings is 1. The topological polar surface area (TPSA) is 64.8 Å². The van der Waals surface area contributed by atoms with Crippen molar-refractivity contribution in [2.45, 2.75) is 25.8 Å². The maximum absolute atomic E-state index is 12.5. The first-order valence-corrected chi connectivity index (χ1v) is 8.17. The Kier molecular flexibility index (Phi) is 4.58. The van der Waals surface area contributed by atoms with Gasteiger partial charge in [0.25, 0.3) is 0 Å². The van der Waals surface area contributed by atoms with Crippen LogP contribution >= 0.6 is 12.2 Å². The highest BCUT2D eigenvalue weighted by Crippen LogP contribution is 2.21. The average molecular weight is 326 g/mol. The van der Waals surface area contributed by atoms with Crippen LogP contribution in [0, 0.1) is 16.0 Å². The van der Waals surface area contributed by atoms with Crippen LogP contribution in [0.15, 0.2) is 35.1 Å². The Morgan fingerprint density at radius 2 is 1.87 bits per heavy atom. The maximum atomic E-state index is 12.5. The van der Waals surface area contributed by atoms with Crippen LogP contribution in [0.3, 0.4) is 0 Å².